The maximum atomic E-state index is 14.7. The standard InChI is InChI=1S/C22H26FNO4S/c1-22(2,3)28-21(25)24-18(15-14-17-10-6-4-7-11-17)16-20(23)29(26,27)19-12-8-5-9-13-19/h4-13,16,18H,14-15H2,1-3H3,(H,24,25). The number of benzene rings is 2. The third-order valence-electron chi connectivity index (χ3n) is 3.93. The SMILES string of the molecule is CC(C)(C)OC(=O)NC(C=C(F)S(=O)(=O)c1ccccc1)CCc1ccccc1. The van der Waals surface area contributed by atoms with Crippen molar-refractivity contribution in [1.82, 2.24) is 5.32 Å². The summed E-state index contributed by atoms with van der Waals surface area (Å²) in [6.45, 7) is 5.13. The van der Waals surface area contributed by atoms with Crippen molar-refractivity contribution in [2.75, 3.05) is 0 Å². The highest BCUT2D eigenvalue weighted by Gasteiger charge is 2.24. The normalized spacial score (nSPS) is 13.6. The molecule has 0 bridgehead atoms. The Kier molecular flexibility index (Phi) is 7.56. The summed E-state index contributed by atoms with van der Waals surface area (Å²) in [5.74, 6) is 0. The number of aryl methyl sites for hydroxylation is 1. The molecule has 0 spiro atoms. The van der Waals surface area contributed by atoms with Gasteiger partial charge >= 0.3 is 6.09 Å². The van der Waals surface area contributed by atoms with Gasteiger partial charge in [-0.3, -0.25) is 0 Å². The van der Waals surface area contributed by atoms with Crippen LogP contribution in [0.15, 0.2) is 76.8 Å². The lowest BCUT2D eigenvalue weighted by atomic mass is 10.1. The molecule has 2 rings (SSSR count). The Hall–Kier alpha value is -2.67. The van der Waals surface area contributed by atoms with Crippen molar-refractivity contribution in [2.24, 2.45) is 0 Å². The summed E-state index contributed by atoms with van der Waals surface area (Å²) in [5.41, 5.74) is 0.259. The van der Waals surface area contributed by atoms with E-state index >= 15 is 0 Å². The predicted octanol–water partition coefficient (Wildman–Crippen LogP) is 4.80. The van der Waals surface area contributed by atoms with Crippen LogP contribution >= 0.6 is 0 Å². The molecule has 29 heavy (non-hydrogen) atoms. The van der Waals surface area contributed by atoms with E-state index in [1.165, 1.54) is 24.3 Å². The molecule has 1 N–H and O–H groups in total. The van der Waals surface area contributed by atoms with Crippen LogP contribution in [0, 0.1) is 0 Å². The number of carbonyl (C=O) groups excluding carboxylic acids is 1. The highest BCUT2D eigenvalue weighted by molar-refractivity contribution is 7.95. The van der Waals surface area contributed by atoms with Gasteiger partial charge in [-0.05, 0) is 57.4 Å². The van der Waals surface area contributed by atoms with Gasteiger partial charge in [-0.25, -0.2) is 13.2 Å². The Morgan fingerprint density at radius 2 is 1.62 bits per heavy atom. The molecule has 1 amide bonds. The van der Waals surface area contributed by atoms with Gasteiger partial charge in [-0.2, -0.15) is 4.39 Å². The Morgan fingerprint density at radius 3 is 2.17 bits per heavy atom. The van der Waals surface area contributed by atoms with Crippen molar-refractivity contribution in [3.63, 3.8) is 0 Å². The smallest absolute Gasteiger partial charge is 0.408 e. The zero-order chi connectivity index (χ0) is 21.5. The molecule has 0 saturated heterocycles. The van der Waals surface area contributed by atoms with Gasteiger partial charge in [-0.1, -0.05) is 48.5 Å². The molecule has 5 nitrogen and oxygen atoms in total. The second-order valence-corrected chi connectivity index (χ2v) is 9.43. The first-order valence-corrected chi connectivity index (χ1v) is 10.8. The molecule has 0 aliphatic rings. The van der Waals surface area contributed by atoms with E-state index < -0.39 is 32.7 Å². The number of carbonyl (C=O) groups is 1. The summed E-state index contributed by atoms with van der Waals surface area (Å²) >= 11 is 0. The molecule has 0 heterocycles. The maximum absolute atomic E-state index is 14.7. The number of alkyl carbamates (subject to hydrolysis) is 1. The first-order chi connectivity index (χ1) is 13.6. The van der Waals surface area contributed by atoms with Gasteiger partial charge in [-0.15, -0.1) is 0 Å². The lowest BCUT2D eigenvalue weighted by Gasteiger charge is -2.22. The van der Waals surface area contributed by atoms with E-state index in [0.717, 1.165) is 11.6 Å². The third-order valence-corrected chi connectivity index (χ3v) is 5.47. The van der Waals surface area contributed by atoms with Crippen LogP contribution in [-0.4, -0.2) is 26.2 Å². The molecule has 0 aromatic heterocycles. The van der Waals surface area contributed by atoms with Crippen LogP contribution in [0.2, 0.25) is 0 Å². The van der Waals surface area contributed by atoms with Crippen LogP contribution in [0.1, 0.15) is 32.8 Å². The van der Waals surface area contributed by atoms with Crippen molar-refractivity contribution in [1.29, 1.82) is 0 Å². The number of amides is 1. The third kappa shape index (κ3) is 7.34. The minimum absolute atomic E-state index is 0.146. The van der Waals surface area contributed by atoms with Crippen molar-refractivity contribution >= 4 is 15.9 Å². The minimum atomic E-state index is -4.29. The Bertz CT molecular complexity index is 936. The van der Waals surface area contributed by atoms with Crippen LogP contribution in [0.5, 0.6) is 0 Å². The molecule has 1 atom stereocenters. The van der Waals surface area contributed by atoms with E-state index in [9.17, 15) is 17.6 Å². The Balaban J connectivity index is 2.22. The summed E-state index contributed by atoms with van der Waals surface area (Å²) in [6.07, 6.45) is 1.02. The molecule has 0 saturated carbocycles. The van der Waals surface area contributed by atoms with Crippen LogP contribution < -0.4 is 5.32 Å². The van der Waals surface area contributed by atoms with Gasteiger partial charge in [0, 0.05) is 0 Å². The monoisotopic (exact) mass is 419 g/mol. The van der Waals surface area contributed by atoms with Gasteiger partial charge in [0.2, 0.25) is 15.0 Å². The topological polar surface area (TPSA) is 72.5 Å². The van der Waals surface area contributed by atoms with Gasteiger partial charge in [0.15, 0.2) is 0 Å². The van der Waals surface area contributed by atoms with Crippen molar-refractivity contribution in [2.45, 2.75) is 50.2 Å². The van der Waals surface area contributed by atoms with Gasteiger partial charge in [0.05, 0.1) is 10.9 Å². The van der Waals surface area contributed by atoms with Crippen molar-refractivity contribution in [3.05, 3.63) is 77.5 Å². The molecular weight excluding hydrogens is 393 g/mol. The van der Waals surface area contributed by atoms with Gasteiger partial charge in [0.1, 0.15) is 5.60 Å². The molecule has 7 heteroatoms. The number of hydrogen-bond donors (Lipinski definition) is 1. The quantitative estimate of drug-likeness (QED) is 0.700. The molecule has 2 aromatic carbocycles. The molecule has 2 aromatic rings. The van der Waals surface area contributed by atoms with E-state index in [0.29, 0.717) is 12.8 Å². The van der Waals surface area contributed by atoms with Crippen molar-refractivity contribution in [3.8, 4) is 0 Å². The van der Waals surface area contributed by atoms with Crippen LogP contribution in [0.4, 0.5) is 9.18 Å². The number of halogens is 1. The minimum Gasteiger partial charge on any atom is -0.444 e. The lowest BCUT2D eigenvalue weighted by molar-refractivity contribution is 0.0512. The molecule has 1 unspecified atom stereocenters. The lowest BCUT2D eigenvalue weighted by Crippen LogP contribution is -2.38. The number of sulfone groups is 1. The predicted molar refractivity (Wildman–Crippen MR) is 111 cm³/mol. The zero-order valence-electron chi connectivity index (χ0n) is 16.8. The number of rotatable bonds is 7. The van der Waals surface area contributed by atoms with E-state index in [-0.39, 0.29) is 4.90 Å². The Morgan fingerprint density at radius 1 is 1.07 bits per heavy atom. The fraction of sp³-hybridized carbons (Fsp3) is 0.318. The fourth-order valence-corrected chi connectivity index (χ4v) is 3.67. The molecule has 0 radical (unpaired) electrons. The number of hydrogen-bond acceptors (Lipinski definition) is 4. The average molecular weight is 420 g/mol. The molecule has 0 aliphatic heterocycles. The highest BCUT2D eigenvalue weighted by atomic mass is 32.2. The van der Waals surface area contributed by atoms with Crippen LogP contribution in [0.3, 0.4) is 0 Å². The second kappa shape index (κ2) is 9.69. The van der Waals surface area contributed by atoms with Crippen LogP contribution in [0.25, 0.3) is 0 Å². The molecular formula is C22H26FNO4S. The summed E-state index contributed by atoms with van der Waals surface area (Å²) < 4.78 is 44.9. The van der Waals surface area contributed by atoms with E-state index in [4.69, 9.17) is 4.74 Å². The summed E-state index contributed by atoms with van der Waals surface area (Å²) in [7, 11) is -4.29. The molecule has 156 valence electrons. The Labute approximate surface area is 171 Å². The largest absolute Gasteiger partial charge is 0.444 e. The van der Waals surface area contributed by atoms with E-state index in [2.05, 4.69) is 5.32 Å². The first kappa shape index (κ1) is 22.6. The zero-order valence-corrected chi connectivity index (χ0v) is 17.6. The highest BCUT2D eigenvalue weighted by Crippen LogP contribution is 2.21. The fourth-order valence-electron chi connectivity index (χ4n) is 2.58. The number of ether oxygens (including phenoxy) is 1. The molecule has 0 aliphatic carbocycles. The van der Waals surface area contributed by atoms with E-state index in [1.807, 2.05) is 30.3 Å². The van der Waals surface area contributed by atoms with Crippen molar-refractivity contribution < 1.29 is 22.3 Å². The van der Waals surface area contributed by atoms with E-state index in [1.54, 1.807) is 26.8 Å². The summed E-state index contributed by atoms with van der Waals surface area (Å²) in [6, 6.07) is 15.9. The maximum Gasteiger partial charge on any atom is 0.408 e. The van der Waals surface area contributed by atoms with Crippen LogP contribution in [-0.2, 0) is 21.0 Å². The second-order valence-electron chi connectivity index (χ2n) is 7.56. The van der Waals surface area contributed by atoms with Gasteiger partial charge in [0.25, 0.3) is 0 Å². The molecule has 0 fully saturated rings. The first-order valence-electron chi connectivity index (χ1n) is 9.29. The number of nitrogens with one attached hydrogen (secondary N) is 1. The summed E-state index contributed by atoms with van der Waals surface area (Å²) in [5, 5.41) is 1.25. The van der Waals surface area contributed by atoms with Gasteiger partial charge < -0.3 is 10.1 Å². The average Bonchev–Trinajstić information content (AvgIpc) is 2.66. The summed E-state index contributed by atoms with van der Waals surface area (Å²) in [4.78, 5) is 12.0.